The second-order valence-corrected chi connectivity index (χ2v) is 5.33. The number of nitrogens with zero attached hydrogens (tertiary/aromatic N) is 2. The van der Waals surface area contributed by atoms with Crippen LogP contribution in [0.25, 0.3) is 0 Å². The van der Waals surface area contributed by atoms with Gasteiger partial charge in [0.05, 0.1) is 12.7 Å². The molecular weight excluding hydrogens is 474 g/mol. The van der Waals surface area contributed by atoms with Crippen molar-refractivity contribution in [1.82, 2.24) is 4.98 Å². The zero-order valence-electron chi connectivity index (χ0n) is 14.6. The van der Waals surface area contributed by atoms with Crippen molar-refractivity contribution in [2.45, 2.75) is 12.6 Å². The van der Waals surface area contributed by atoms with Crippen LogP contribution >= 0.6 is 24.0 Å². The lowest BCUT2D eigenvalue weighted by Crippen LogP contribution is -2.23. The van der Waals surface area contributed by atoms with Crippen LogP contribution in [0.3, 0.4) is 0 Å². The zero-order chi connectivity index (χ0) is 19.0. The Morgan fingerprint density at radius 1 is 1.26 bits per heavy atom. The summed E-state index contributed by atoms with van der Waals surface area (Å²) in [6, 6.07) is 9.56. The van der Waals surface area contributed by atoms with Gasteiger partial charge in [-0.1, -0.05) is 6.07 Å². The molecule has 0 amide bonds. The molecule has 2 rings (SSSR count). The first-order chi connectivity index (χ1) is 12.4. The molecule has 148 valence electrons. The second-order valence-electron chi connectivity index (χ2n) is 5.33. The third-order valence-electron chi connectivity index (χ3n) is 3.36. The van der Waals surface area contributed by atoms with Gasteiger partial charge in [0.25, 0.3) is 0 Å². The fourth-order valence-electron chi connectivity index (χ4n) is 2.05. The third-order valence-corrected chi connectivity index (χ3v) is 3.36. The van der Waals surface area contributed by atoms with Crippen molar-refractivity contribution in [2.24, 2.45) is 10.7 Å². The molecule has 0 saturated heterocycles. The minimum absolute atomic E-state index is 0. The maximum atomic E-state index is 12.4. The largest absolute Gasteiger partial charge is 0.497 e. The molecular formula is C17H21F3IN5O. The fraction of sp³-hybridized carbons (Fsp3) is 0.294. The van der Waals surface area contributed by atoms with Gasteiger partial charge in [0.1, 0.15) is 11.6 Å². The summed E-state index contributed by atoms with van der Waals surface area (Å²) in [5.74, 6) is 1.35. The Morgan fingerprint density at radius 2 is 2.04 bits per heavy atom. The van der Waals surface area contributed by atoms with Crippen LogP contribution in [0.5, 0.6) is 5.75 Å². The Balaban J connectivity index is 0.00000364. The molecule has 1 aromatic heterocycles. The second kappa shape index (κ2) is 10.8. The Morgan fingerprint density at radius 3 is 2.67 bits per heavy atom. The van der Waals surface area contributed by atoms with Gasteiger partial charge in [-0.3, -0.25) is 4.99 Å². The normalized spacial score (nSPS) is 11.5. The number of guanidine groups is 1. The van der Waals surface area contributed by atoms with Crippen LogP contribution in [-0.2, 0) is 6.18 Å². The Kier molecular flexibility index (Phi) is 9.12. The summed E-state index contributed by atoms with van der Waals surface area (Å²) in [6.45, 7) is 0.963. The number of nitrogens with two attached hydrogens (primary N) is 1. The van der Waals surface area contributed by atoms with Gasteiger partial charge >= 0.3 is 6.18 Å². The highest BCUT2D eigenvalue weighted by Crippen LogP contribution is 2.28. The Labute approximate surface area is 172 Å². The minimum atomic E-state index is -4.38. The molecule has 27 heavy (non-hydrogen) atoms. The highest BCUT2D eigenvalue weighted by atomic mass is 127. The molecule has 0 radical (unpaired) electrons. The van der Waals surface area contributed by atoms with E-state index in [0.29, 0.717) is 31.1 Å². The number of methoxy groups -OCH3 is 1. The molecule has 1 heterocycles. The van der Waals surface area contributed by atoms with Gasteiger partial charge in [0.2, 0.25) is 0 Å². The van der Waals surface area contributed by atoms with Gasteiger partial charge < -0.3 is 21.1 Å². The lowest BCUT2D eigenvalue weighted by Gasteiger charge is -2.09. The number of ether oxygens (including phenoxy) is 1. The van der Waals surface area contributed by atoms with Crippen molar-refractivity contribution in [3.63, 3.8) is 0 Å². The number of halogens is 4. The molecule has 1 aromatic carbocycles. The molecule has 6 nitrogen and oxygen atoms in total. The van der Waals surface area contributed by atoms with Crippen LogP contribution in [0.1, 0.15) is 12.0 Å². The lowest BCUT2D eigenvalue weighted by atomic mass is 10.3. The summed E-state index contributed by atoms with van der Waals surface area (Å²) in [6.07, 6.45) is -2.94. The van der Waals surface area contributed by atoms with Crippen molar-refractivity contribution >= 4 is 41.4 Å². The molecule has 0 unspecified atom stereocenters. The first-order valence-electron chi connectivity index (χ1n) is 7.86. The molecule has 0 fully saturated rings. The van der Waals surface area contributed by atoms with Gasteiger partial charge in [0.15, 0.2) is 5.96 Å². The van der Waals surface area contributed by atoms with Crippen molar-refractivity contribution in [2.75, 3.05) is 30.8 Å². The number of hydrogen-bond donors (Lipinski definition) is 3. The number of hydrogen-bond acceptors (Lipinski definition) is 4. The smallest absolute Gasteiger partial charge is 0.417 e. The van der Waals surface area contributed by atoms with Crippen LogP contribution < -0.4 is 21.1 Å². The maximum absolute atomic E-state index is 12.4. The number of pyridine rings is 1. The number of aliphatic imine (C=N–C) groups is 1. The van der Waals surface area contributed by atoms with E-state index >= 15 is 0 Å². The molecule has 4 N–H and O–H groups in total. The van der Waals surface area contributed by atoms with Crippen LogP contribution in [0.15, 0.2) is 47.6 Å². The van der Waals surface area contributed by atoms with Crippen LogP contribution in [0, 0.1) is 0 Å². The third kappa shape index (κ3) is 7.89. The van der Waals surface area contributed by atoms with E-state index in [4.69, 9.17) is 10.5 Å². The van der Waals surface area contributed by atoms with E-state index < -0.39 is 11.7 Å². The number of alkyl halides is 3. The number of benzene rings is 1. The minimum Gasteiger partial charge on any atom is -0.497 e. The highest BCUT2D eigenvalue weighted by molar-refractivity contribution is 14.0. The van der Waals surface area contributed by atoms with Gasteiger partial charge in [-0.05, 0) is 30.7 Å². The van der Waals surface area contributed by atoms with Crippen molar-refractivity contribution in [3.05, 3.63) is 48.2 Å². The number of rotatable bonds is 7. The van der Waals surface area contributed by atoms with Gasteiger partial charge in [-0.15, -0.1) is 24.0 Å². The van der Waals surface area contributed by atoms with E-state index in [-0.39, 0.29) is 29.9 Å². The number of anilines is 2. The summed E-state index contributed by atoms with van der Waals surface area (Å²) in [7, 11) is 1.58. The topological polar surface area (TPSA) is 84.6 Å². The van der Waals surface area contributed by atoms with E-state index in [1.807, 2.05) is 18.2 Å². The first kappa shape index (κ1) is 22.8. The Bertz CT molecular complexity index is 738. The lowest BCUT2D eigenvalue weighted by molar-refractivity contribution is -0.137. The van der Waals surface area contributed by atoms with E-state index in [2.05, 4.69) is 20.6 Å². The maximum Gasteiger partial charge on any atom is 0.417 e. The molecule has 0 aliphatic carbocycles. The predicted molar refractivity (Wildman–Crippen MR) is 111 cm³/mol. The molecule has 0 aliphatic heterocycles. The average Bonchev–Trinajstić information content (AvgIpc) is 2.61. The summed E-state index contributed by atoms with van der Waals surface area (Å²) >= 11 is 0. The zero-order valence-corrected chi connectivity index (χ0v) is 16.9. The van der Waals surface area contributed by atoms with Gasteiger partial charge in [0, 0.05) is 31.0 Å². The Hall–Kier alpha value is -2.24. The van der Waals surface area contributed by atoms with Crippen molar-refractivity contribution < 1.29 is 17.9 Å². The van der Waals surface area contributed by atoms with Crippen LogP contribution in [0.2, 0.25) is 0 Å². The molecule has 10 heteroatoms. The molecule has 0 aliphatic rings. The SMILES string of the molecule is COc1cccc(NC(N)=NCCCNc2ccc(C(F)(F)F)cn2)c1.I. The van der Waals surface area contributed by atoms with Gasteiger partial charge in [-0.2, -0.15) is 13.2 Å². The molecule has 0 atom stereocenters. The van der Waals surface area contributed by atoms with Crippen molar-refractivity contribution in [3.8, 4) is 5.75 Å². The quantitative estimate of drug-likeness (QED) is 0.235. The molecule has 2 aromatic rings. The summed E-state index contributed by atoms with van der Waals surface area (Å²) in [5.41, 5.74) is 5.79. The first-order valence-corrected chi connectivity index (χ1v) is 7.86. The van der Waals surface area contributed by atoms with Gasteiger partial charge in [-0.25, -0.2) is 4.98 Å². The van der Waals surface area contributed by atoms with E-state index in [1.165, 1.54) is 6.07 Å². The summed E-state index contributed by atoms with van der Waals surface area (Å²) < 4.78 is 42.5. The summed E-state index contributed by atoms with van der Waals surface area (Å²) in [5, 5.41) is 5.89. The summed E-state index contributed by atoms with van der Waals surface area (Å²) in [4.78, 5) is 7.92. The van der Waals surface area contributed by atoms with E-state index in [9.17, 15) is 13.2 Å². The van der Waals surface area contributed by atoms with Crippen LogP contribution in [0.4, 0.5) is 24.7 Å². The predicted octanol–water partition coefficient (Wildman–Crippen LogP) is 3.96. The van der Waals surface area contributed by atoms with E-state index in [1.54, 1.807) is 13.2 Å². The van der Waals surface area contributed by atoms with Crippen LogP contribution in [-0.4, -0.2) is 31.1 Å². The number of aromatic nitrogens is 1. The van der Waals surface area contributed by atoms with E-state index in [0.717, 1.165) is 18.0 Å². The molecule has 0 bridgehead atoms. The van der Waals surface area contributed by atoms with Crippen molar-refractivity contribution in [1.29, 1.82) is 0 Å². The number of nitrogens with one attached hydrogen (secondary N) is 2. The monoisotopic (exact) mass is 495 g/mol. The standard InChI is InChI=1S/C17H20F3N5O.HI/c1-26-14-5-2-4-13(10-14)25-16(21)23-9-3-8-22-15-7-6-12(11-24-15)17(18,19)20;/h2,4-7,10-11H,3,8-9H2,1H3,(H,22,24)(H3,21,23,25);1H. The highest BCUT2D eigenvalue weighted by Gasteiger charge is 2.30. The fourth-order valence-corrected chi connectivity index (χ4v) is 2.05. The average molecular weight is 495 g/mol. The molecule has 0 spiro atoms. The molecule has 0 saturated carbocycles.